The van der Waals surface area contributed by atoms with E-state index in [-0.39, 0.29) is 11.9 Å². The standard InChI is InChI=1S/C9H12BrN3O/c1-6(5-11)13-9(14)7-3-2-4-12-8(7)10/h2-4,6H,5,11H2,1H3,(H,13,14)/t6-/m0/s1. The van der Waals surface area contributed by atoms with Gasteiger partial charge in [-0.25, -0.2) is 4.98 Å². The van der Waals surface area contributed by atoms with Crippen molar-refractivity contribution in [2.24, 2.45) is 5.73 Å². The van der Waals surface area contributed by atoms with Gasteiger partial charge in [-0.1, -0.05) is 0 Å². The topological polar surface area (TPSA) is 68.0 Å². The number of halogens is 1. The van der Waals surface area contributed by atoms with Crippen molar-refractivity contribution in [3.8, 4) is 0 Å². The lowest BCUT2D eigenvalue weighted by Gasteiger charge is -2.11. The molecule has 0 aromatic carbocycles. The van der Waals surface area contributed by atoms with E-state index in [1.54, 1.807) is 18.3 Å². The Balaban J connectivity index is 2.75. The molecule has 0 aliphatic carbocycles. The maximum absolute atomic E-state index is 11.6. The Kier molecular flexibility index (Phi) is 4.03. The monoisotopic (exact) mass is 257 g/mol. The number of aromatic nitrogens is 1. The predicted molar refractivity (Wildman–Crippen MR) is 57.9 cm³/mol. The number of carbonyl (C=O) groups is 1. The maximum Gasteiger partial charge on any atom is 0.254 e. The Morgan fingerprint density at radius 2 is 2.50 bits per heavy atom. The van der Waals surface area contributed by atoms with Gasteiger partial charge in [-0.3, -0.25) is 4.79 Å². The fourth-order valence-corrected chi connectivity index (χ4v) is 1.35. The van der Waals surface area contributed by atoms with E-state index in [9.17, 15) is 4.79 Å². The molecule has 1 rings (SSSR count). The fourth-order valence-electron chi connectivity index (χ4n) is 0.916. The summed E-state index contributed by atoms with van der Waals surface area (Å²) in [7, 11) is 0. The van der Waals surface area contributed by atoms with Gasteiger partial charge in [0.25, 0.3) is 5.91 Å². The zero-order chi connectivity index (χ0) is 10.6. The van der Waals surface area contributed by atoms with Gasteiger partial charge in [-0.05, 0) is 35.0 Å². The third-order valence-corrected chi connectivity index (χ3v) is 2.37. The number of amides is 1. The molecule has 5 heteroatoms. The van der Waals surface area contributed by atoms with Gasteiger partial charge in [0, 0.05) is 18.8 Å². The van der Waals surface area contributed by atoms with Gasteiger partial charge in [0.2, 0.25) is 0 Å². The van der Waals surface area contributed by atoms with E-state index in [2.05, 4.69) is 26.2 Å². The first-order valence-corrected chi connectivity index (χ1v) is 5.06. The van der Waals surface area contributed by atoms with Gasteiger partial charge < -0.3 is 11.1 Å². The first-order valence-electron chi connectivity index (χ1n) is 4.26. The molecule has 0 saturated carbocycles. The van der Waals surface area contributed by atoms with Crippen LogP contribution in [0.25, 0.3) is 0 Å². The largest absolute Gasteiger partial charge is 0.348 e. The zero-order valence-corrected chi connectivity index (χ0v) is 9.41. The summed E-state index contributed by atoms with van der Waals surface area (Å²) in [6.45, 7) is 2.27. The van der Waals surface area contributed by atoms with E-state index < -0.39 is 0 Å². The van der Waals surface area contributed by atoms with Gasteiger partial charge in [0.05, 0.1) is 5.56 Å². The van der Waals surface area contributed by atoms with E-state index in [0.29, 0.717) is 16.7 Å². The van der Waals surface area contributed by atoms with Gasteiger partial charge in [0.15, 0.2) is 0 Å². The highest BCUT2D eigenvalue weighted by Crippen LogP contribution is 2.12. The van der Waals surface area contributed by atoms with Crippen molar-refractivity contribution >= 4 is 21.8 Å². The molecular formula is C9H12BrN3O. The normalized spacial score (nSPS) is 12.2. The van der Waals surface area contributed by atoms with E-state index in [0.717, 1.165) is 0 Å². The third-order valence-electron chi connectivity index (χ3n) is 1.73. The number of rotatable bonds is 3. The molecule has 4 nitrogen and oxygen atoms in total. The molecule has 0 unspecified atom stereocenters. The van der Waals surface area contributed by atoms with Crippen LogP contribution in [0.15, 0.2) is 22.9 Å². The molecule has 1 amide bonds. The molecule has 0 fully saturated rings. The van der Waals surface area contributed by atoms with Crippen molar-refractivity contribution in [2.75, 3.05) is 6.54 Å². The van der Waals surface area contributed by atoms with Crippen LogP contribution in [0.2, 0.25) is 0 Å². The molecule has 0 bridgehead atoms. The van der Waals surface area contributed by atoms with Crippen LogP contribution in [0.1, 0.15) is 17.3 Å². The molecule has 0 saturated heterocycles. The van der Waals surface area contributed by atoms with Crippen LogP contribution >= 0.6 is 15.9 Å². The summed E-state index contributed by atoms with van der Waals surface area (Å²) in [6.07, 6.45) is 1.62. The molecule has 0 radical (unpaired) electrons. The van der Waals surface area contributed by atoms with E-state index in [4.69, 9.17) is 5.73 Å². The Morgan fingerprint density at radius 3 is 3.07 bits per heavy atom. The minimum Gasteiger partial charge on any atom is -0.348 e. The summed E-state index contributed by atoms with van der Waals surface area (Å²) >= 11 is 3.21. The molecular weight excluding hydrogens is 246 g/mol. The van der Waals surface area contributed by atoms with Gasteiger partial charge in [-0.2, -0.15) is 0 Å². The van der Waals surface area contributed by atoms with Crippen molar-refractivity contribution in [3.05, 3.63) is 28.5 Å². The first kappa shape index (κ1) is 11.1. The van der Waals surface area contributed by atoms with Crippen molar-refractivity contribution in [1.29, 1.82) is 0 Å². The number of hydrogen-bond donors (Lipinski definition) is 2. The number of pyridine rings is 1. The molecule has 3 N–H and O–H groups in total. The third kappa shape index (κ3) is 2.78. The number of carbonyl (C=O) groups excluding carboxylic acids is 1. The second kappa shape index (κ2) is 5.07. The number of nitrogens with zero attached hydrogens (tertiary/aromatic N) is 1. The molecule has 0 aliphatic rings. The Labute approximate surface area is 91.0 Å². The lowest BCUT2D eigenvalue weighted by molar-refractivity contribution is 0.0940. The fraction of sp³-hybridized carbons (Fsp3) is 0.333. The Hall–Kier alpha value is -0.940. The van der Waals surface area contributed by atoms with E-state index in [1.807, 2.05) is 6.92 Å². The van der Waals surface area contributed by atoms with Crippen LogP contribution in [0.5, 0.6) is 0 Å². The van der Waals surface area contributed by atoms with Crippen LogP contribution in [0, 0.1) is 0 Å². The average molecular weight is 258 g/mol. The molecule has 0 aliphatic heterocycles. The highest BCUT2D eigenvalue weighted by atomic mass is 79.9. The predicted octanol–water partition coefficient (Wildman–Crippen LogP) is 0.921. The molecule has 1 heterocycles. The number of hydrogen-bond acceptors (Lipinski definition) is 3. The zero-order valence-electron chi connectivity index (χ0n) is 7.83. The van der Waals surface area contributed by atoms with Gasteiger partial charge in [-0.15, -0.1) is 0 Å². The lowest BCUT2D eigenvalue weighted by Crippen LogP contribution is -2.37. The summed E-state index contributed by atoms with van der Waals surface area (Å²) < 4.78 is 0.543. The average Bonchev–Trinajstić information content (AvgIpc) is 2.18. The van der Waals surface area contributed by atoms with Crippen LogP contribution in [0.4, 0.5) is 0 Å². The van der Waals surface area contributed by atoms with Crippen LogP contribution in [-0.4, -0.2) is 23.5 Å². The van der Waals surface area contributed by atoms with E-state index in [1.165, 1.54) is 0 Å². The molecule has 0 spiro atoms. The summed E-state index contributed by atoms with van der Waals surface area (Å²) in [5.74, 6) is -0.164. The molecule has 1 aromatic heterocycles. The minimum absolute atomic E-state index is 0.0328. The van der Waals surface area contributed by atoms with Crippen molar-refractivity contribution in [2.45, 2.75) is 13.0 Å². The second-order valence-electron chi connectivity index (χ2n) is 2.95. The number of nitrogens with two attached hydrogens (primary N) is 1. The first-order chi connectivity index (χ1) is 6.65. The molecule has 14 heavy (non-hydrogen) atoms. The van der Waals surface area contributed by atoms with Crippen LogP contribution in [-0.2, 0) is 0 Å². The smallest absolute Gasteiger partial charge is 0.254 e. The highest BCUT2D eigenvalue weighted by Gasteiger charge is 2.11. The molecule has 1 atom stereocenters. The Morgan fingerprint density at radius 1 is 1.79 bits per heavy atom. The maximum atomic E-state index is 11.6. The number of nitrogens with one attached hydrogen (secondary N) is 1. The summed E-state index contributed by atoms with van der Waals surface area (Å²) in [5, 5.41) is 2.75. The van der Waals surface area contributed by atoms with Crippen LogP contribution in [0.3, 0.4) is 0 Å². The van der Waals surface area contributed by atoms with Crippen LogP contribution < -0.4 is 11.1 Å². The van der Waals surface area contributed by atoms with Crippen molar-refractivity contribution in [3.63, 3.8) is 0 Å². The minimum atomic E-state index is -0.164. The van der Waals surface area contributed by atoms with Crippen molar-refractivity contribution < 1.29 is 4.79 Å². The SMILES string of the molecule is C[C@@H](CN)NC(=O)c1cccnc1Br. The quantitative estimate of drug-likeness (QED) is 0.792. The summed E-state index contributed by atoms with van der Waals surface area (Å²) in [5.41, 5.74) is 5.92. The van der Waals surface area contributed by atoms with Gasteiger partial charge >= 0.3 is 0 Å². The summed E-state index contributed by atoms with van der Waals surface area (Å²) in [6, 6.07) is 3.39. The van der Waals surface area contributed by atoms with Gasteiger partial charge in [0.1, 0.15) is 4.60 Å². The highest BCUT2D eigenvalue weighted by molar-refractivity contribution is 9.10. The lowest BCUT2D eigenvalue weighted by atomic mass is 10.2. The summed E-state index contributed by atoms with van der Waals surface area (Å²) in [4.78, 5) is 15.6. The molecule has 76 valence electrons. The second-order valence-corrected chi connectivity index (χ2v) is 3.70. The van der Waals surface area contributed by atoms with E-state index >= 15 is 0 Å². The Bertz CT molecular complexity index is 330. The molecule has 1 aromatic rings. The van der Waals surface area contributed by atoms with Crippen molar-refractivity contribution in [1.82, 2.24) is 10.3 Å².